The number of aliphatic hydroxyl groups is 1. The van der Waals surface area contributed by atoms with Crippen molar-refractivity contribution >= 4 is 29.9 Å². The molecular weight excluding hydrogens is 484 g/mol. The molecule has 0 amide bonds. The van der Waals surface area contributed by atoms with Crippen molar-refractivity contribution < 1.29 is 14.2 Å². The number of nitrogens with zero attached hydrogens (tertiary/aromatic N) is 2. The third-order valence-electron chi connectivity index (χ3n) is 4.79. The maximum absolute atomic E-state index is 13.0. The monoisotopic (exact) mass is 513 g/mol. The molecule has 0 saturated carbocycles. The lowest BCUT2D eigenvalue weighted by Crippen LogP contribution is -2.47. The van der Waals surface area contributed by atoms with Gasteiger partial charge in [0.25, 0.3) is 0 Å². The fourth-order valence-corrected chi connectivity index (χ4v) is 3.27. The van der Waals surface area contributed by atoms with E-state index in [4.69, 9.17) is 4.74 Å². The number of piperidine rings is 1. The van der Waals surface area contributed by atoms with Gasteiger partial charge in [-0.1, -0.05) is 30.3 Å². The van der Waals surface area contributed by atoms with Gasteiger partial charge in [0.15, 0.2) is 5.96 Å². The minimum Gasteiger partial charge on any atom is -0.490 e. The van der Waals surface area contributed by atoms with Gasteiger partial charge in [0.05, 0.1) is 12.6 Å². The Morgan fingerprint density at radius 3 is 2.45 bits per heavy atom. The molecule has 29 heavy (non-hydrogen) atoms. The summed E-state index contributed by atoms with van der Waals surface area (Å²) in [6, 6.07) is 15.8. The molecule has 0 aliphatic carbocycles. The van der Waals surface area contributed by atoms with Gasteiger partial charge in [0.1, 0.15) is 17.7 Å². The second-order valence-electron chi connectivity index (χ2n) is 6.88. The molecule has 0 spiro atoms. The van der Waals surface area contributed by atoms with Gasteiger partial charge in [-0.15, -0.1) is 24.0 Å². The van der Waals surface area contributed by atoms with Gasteiger partial charge in [-0.25, -0.2) is 4.39 Å². The van der Waals surface area contributed by atoms with Gasteiger partial charge < -0.3 is 20.1 Å². The number of benzene rings is 2. The molecule has 1 unspecified atom stereocenters. The highest BCUT2D eigenvalue weighted by Crippen LogP contribution is 2.19. The molecule has 0 bridgehead atoms. The number of guanidine groups is 1. The summed E-state index contributed by atoms with van der Waals surface area (Å²) in [4.78, 5) is 6.79. The Hall–Kier alpha value is -1.87. The molecular formula is C22H29FIN3O2. The minimum absolute atomic E-state index is 0. The molecule has 1 aliphatic heterocycles. The summed E-state index contributed by atoms with van der Waals surface area (Å²) < 4.78 is 19.1. The third kappa shape index (κ3) is 7.15. The topological polar surface area (TPSA) is 57.1 Å². The van der Waals surface area contributed by atoms with Crippen LogP contribution in [-0.4, -0.2) is 48.2 Å². The van der Waals surface area contributed by atoms with Crippen LogP contribution in [0.1, 0.15) is 31.4 Å². The summed E-state index contributed by atoms with van der Waals surface area (Å²) in [5, 5.41) is 13.6. The number of rotatable bonds is 6. The Labute approximate surface area is 189 Å². The molecule has 1 atom stereocenters. The molecule has 158 valence electrons. The lowest BCUT2D eigenvalue weighted by molar-refractivity contribution is 0.129. The molecule has 2 aromatic rings. The van der Waals surface area contributed by atoms with Gasteiger partial charge >= 0.3 is 0 Å². The van der Waals surface area contributed by atoms with Crippen LogP contribution in [0.3, 0.4) is 0 Å². The summed E-state index contributed by atoms with van der Waals surface area (Å²) in [6.45, 7) is 4.70. The van der Waals surface area contributed by atoms with Gasteiger partial charge in [0, 0.05) is 32.5 Å². The average Bonchev–Trinajstić information content (AvgIpc) is 2.73. The fourth-order valence-electron chi connectivity index (χ4n) is 3.27. The molecule has 2 aromatic carbocycles. The van der Waals surface area contributed by atoms with Crippen molar-refractivity contribution in [2.24, 2.45) is 4.99 Å². The van der Waals surface area contributed by atoms with Crippen LogP contribution < -0.4 is 10.1 Å². The smallest absolute Gasteiger partial charge is 0.194 e. The van der Waals surface area contributed by atoms with E-state index in [-0.39, 0.29) is 42.4 Å². The summed E-state index contributed by atoms with van der Waals surface area (Å²) in [5.41, 5.74) is 0.663. The first kappa shape index (κ1) is 23.4. The molecule has 2 N–H and O–H groups in total. The van der Waals surface area contributed by atoms with Gasteiger partial charge in [0.2, 0.25) is 0 Å². The van der Waals surface area contributed by atoms with Crippen LogP contribution in [0.2, 0.25) is 0 Å². The van der Waals surface area contributed by atoms with Crippen LogP contribution in [0, 0.1) is 5.82 Å². The highest BCUT2D eigenvalue weighted by Gasteiger charge is 2.23. The van der Waals surface area contributed by atoms with E-state index in [0.29, 0.717) is 5.56 Å². The normalized spacial score (nSPS) is 16.1. The van der Waals surface area contributed by atoms with E-state index in [1.165, 1.54) is 12.1 Å². The van der Waals surface area contributed by atoms with Gasteiger partial charge in [-0.05, 0) is 36.8 Å². The van der Waals surface area contributed by atoms with E-state index < -0.39 is 6.10 Å². The highest BCUT2D eigenvalue weighted by atomic mass is 127. The third-order valence-corrected chi connectivity index (χ3v) is 4.79. The standard InChI is InChI=1S/C22H28FN3O2.HI/c1-2-24-22(25-16-21(27)17-8-10-18(23)11-9-17)26-14-12-20(13-15-26)28-19-6-4-3-5-7-19;/h3-11,20-21,27H,2,12-16H2,1H3,(H,24,25);1H. The molecule has 0 aromatic heterocycles. The number of halogens is 2. The number of aliphatic imine (C=N–C) groups is 1. The average molecular weight is 513 g/mol. The summed E-state index contributed by atoms with van der Waals surface area (Å²) >= 11 is 0. The molecule has 1 heterocycles. The zero-order chi connectivity index (χ0) is 19.8. The quantitative estimate of drug-likeness (QED) is 0.349. The number of hydrogen-bond donors (Lipinski definition) is 2. The second kappa shape index (κ2) is 12.0. The number of likely N-dealkylation sites (tertiary alicyclic amines) is 1. The maximum Gasteiger partial charge on any atom is 0.194 e. The lowest BCUT2D eigenvalue weighted by Gasteiger charge is -2.34. The summed E-state index contributed by atoms with van der Waals surface area (Å²) in [7, 11) is 0. The zero-order valence-corrected chi connectivity index (χ0v) is 19.0. The van der Waals surface area contributed by atoms with E-state index in [2.05, 4.69) is 15.2 Å². The number of nitrogens with one attached hydrogen (secondary N) is 1. The minimum atomic E-state index is -0.756. The number of hydrogen-bond acceptors (Lipinski definition) is 3. The SMILES string of the molecule is CCNC(=NCC(O)c1ccc(F)cc1)N1CCC(Oc2ccccc2)CC1.I. The fraction of sp³-hybridized carbons (Fsp3) is 0.409. The zero-order valence-electron chi connectivity index (χ0n) is 16.6. The predicted octanol–water partition coefficient (Wildman–Crippen LogP) is 3.99. The van der Waals surface area contributed by atoms with Crippen molar-refractivity contribution in [3.63, 3.8) is 0 Å². The molecule has 3 rings (SSSR count). The first-order valence-electron chi connectivity index (χ1n) is 9.84. The van der Waals surface area contributed by atoms with Crippen molar-refractivity contribution in [3.8, 4) is 5.75 Å². The predicted molar refractivity (Wildman–Crippen MR) is 124 cm³/mol. The van der Waals surface area contributed by atoms with Crippen LogP contribution in [0.25, 0.3) is 0 Å². The largest absolute Gasteiger partial charge is 0.490 e. The van der Waals surface area contributed by atoms with Gasteiger partial charge in [-0.2, -0.15) is 0 Å². The molecule has 0 radical (unpaired) electrons. The van der Waals surface area contributed by atoms with Gasteiger partial charge in [-0.3, -0.25) is 4.99 Å². The molecule has 1 saturated heterocycles. The lowest BCUT2D eigenvalue weighted by atomic mass is 10.1. The highest BCUT2D eigenvalue weighted by molar-refractivity contribution is 14.0. The van der Waals surface area contributed by atoms with Crippen molar-refractivity contribution in [2.75, 3.05) is 26.2 Å². The van der Waals surface area contributed by atoms with E-state index in [1.807, 2.05) is 37.3 Å². The van der Waals surface area contributed by atoms with E-state index >= 15 is 0 Å². The number of aliphatic hydroxyl groups excluding tert-OH is 1. The van der Waals surface area contributed by atoms with Crippen LogP contribution in [0.15, 0.2) is 59.6 Å². The maximum atomic E-state index is 13.0. The van der Waals surface area contributed by atoms with Crippen molar-refractivity contribution in [3.05, 3.63) is 66.0 Å². The second-order valence-corrected chi connectivity index (χ2v) is 6.88. The van der Waals surface area contributed by atoms with Crippen LogP contribution in [0.4, 0.5) is 4.39 Å². The van der Waals surface area contributed by atoms with E-state index in [1.54, 1.807) is 12.1 Å². The number of ether oxygens (including phenoxy) is 1. The Balaban J connectivity index is 0.00000300. The summed E-state index contributed by atoms with van der Waals surface area (Å²) in [5.74, 6) is 1.39. The Bertz CT molecular complexity index is 750. The van der Waals surface area contributed by atoms with Crippen LogP contribution in [0.5, 0.6) is 5.75 Å². The summed E-state index contributed by atoms with van der Waals surface area (Å²) in [6.07, 6.45) is 1.28. The van der Waals surface area contributed by atoms with Crippen molar-refractivity contribution in [2.45, 2.75) is 32.0 Å². The Morgan fingerprint density at radius 2 is 1.83 bits per heavy atom. The van der Waals surface area contributed by atoms with Crippen LogP contribution in [-0.2, 0) is 0 Å². The first-order chi connectivity index (χ1) is 13.7. The Morgan fingerprint density at radius 1 is 1.17 bits per heavy atom. The molecule has 1 aliphatic rings. The van der Waals surface area contributed by atoms with Crippen molar-refractivity contribution in [1.29, 1.82) is 0 Å². The Kier molecular flexibility index (Phi) is 9.66. The first-order valence-corrected chi connectivity index (χ1v) is 9.84. The molecule has 5 nitrogen and oxygen atoms in total. The molecule has 1 fully saturated rings. The molecule has 7 heteroatoms. The van der Waals surface area contributed by atoms with E-state index in [9.17, 15) is 9.50 Å². The number of para-hydroxylation sites is 1. The van der Waals surface area contributed by atoms with E-state index in [0.717, 1.165) is 44.2 Å². The van der Waals surface area contributed by atoms with Crippen molar-refractivity contribution in [1.82, 2.24) is 10.2 Å². The van der Waals surface area contributed by atoms with Crippen LogP contribution >= 0.6 is 24.0 Å².